The largest absolute Gasteiger partial charge is 0.504 e. The monoisotopic (exact) mass is 472 g/mol. The Labute approximate surface area is 203 Å². The van der Waals surface area contributed by atoms with Gasteiger partial charge in [-0.25, -0.2) is 0 Å². The van der Waals surface area contributed by atoms with Gasteiger partial charge in [-0.2, -0.15) is 0 Å². The van der Waals surface area contributed by atoms with Crippen molar-refractivity contribution in [2.45, 2.75) is 67.7 Å². The first kappa shape index (κ1) is 20.3. The molecule has 3 aliphatic carbocycles. The van der Waals surface area contributed by atoms with Crippen molar-refractivity contribution in [3.8, 4) is 11.5 Å². The first-order valence-corrected chi connectivity index (χ1v) is 12.9. The molecule has 0 radical (unpaired) electrons. The van der Waals surface area contributed by atoms with Crippen molar-refractivity contribution in [1.29, 1.82) is 0 Å². The van der Waals surface area contributed by atoms with Crippen LogP contribution in [0.15, 0.2) is 36.4 Å². The van der Waals surface area contributed by atoms with Crippen molar-refractivity contribution in [1.82, 2.24) is 9.80 Å². The van der Waals surface area contributed by atoms with E-state index in [2.05, 4.69) is 4.90 Å². The number of hydrogen-bond donors (Lipinski definition) is 2. The second kappa shape index (κ2) is 6.45. The summed E-state index contributed by atoms with van der Waals surface area (Å²) in [6.07, 6.45) is 4.31. The molecule has 2 bridgehead atoms. The molecule has 1 saturated heterocycles. The van der Waals surface area contributed by atoms with E-state index >= 15 is 0 Å². The predicted molar refractivity (Wildman–Crippen MR) is 126 cm³/mol. The van der Waals surface area contributed by atoms with Crippen molar-refractivity contribution < 1.29 is 24.5 Å². The molecule has 2 aromatic rings. The molecule has 1 spiro atoms. The van der Waals surface area contributed by atoms with Gasteiger partial charge in [0, 0.05) is 18.2 Å². The number of likely N-dealkylation sites (tertiary alicyclic amines) is 1. The Kier molecular flexibility index (Phi) is 3.74. The number of piperidine rings is 1. The van der Waals surface area contributed by atoms with Gasteiger partial charge in [0.15, 0.2) is 11.5 Å². The number of phenolic OH excluding ortho intramolecular Hbond substituents is 1. The molecule has 7 heteroatoms. The van der Waals surface area contributed by atoms with Gasteiger partial charge in [0.05, 0.1) is 28.2 Å². The van der Waals surface area contributed by atoms with Crippen LogP contribution in [0.2, 0.25) is 0 Å². The second-order valence-electron chi connectivity index (χ2n) is 11.4. The van der Waals surface area contributed by atoms with Crippen LogP contribution in [0.3, 0.4) is 0 Å². The van der Waals surface area contributed by atoms with E-state index in [4.69, 9.17) is 4.74 Å². The van der Waals surface area contributed by atoms with Crippen LogP contribution in [0.5, 0.6) is 11.5 Å². The Hall–Kier alpha value is -2.90. The number of imide groups is 1. The van der Waals surface area contributed by atoms with Crippen LogP contribution in [0, 0.1) is 5.92 Å². The average Bonchev–Trinajstić information content (AvgIpc) is 3.54. The van der Waals surface area contributed by atoms with Crippen LogP contribution in [-0.2, 0) is 11.8 Å². The number of aliphatic hydroxyl groups is 1. The zero-order valence-corrected chi connectivity index (χ0v) is 19.4. The number of amides is 2. The fourth-order valence-electron chi connectivity index (χ4n) is 8.23. The van der Waals surface area contributed by atoms with Crippen LogP contribution in [-0.4, -0.2) is 68.7 Å². The topological polar surface area (TPSA) is 90.3 Å². The number of benzene rings is 2. The Morgan fingerprint density at radius 2 is 1.74 bits per heavy atom. The summed E-state index contributed by atoms with van der Waals surface area (Å²) in [7, 11) is 0. The summed E-state index contributed by atoms with van der Waals surface area (Å²) in [6, 6.07) is 10.1. The Morgan fingerprint density at radius 1 is 1.00 bits per heavy atom. The fourth-order valence-corrected chi connectivity index (χ4v) is 8.23. The molecule has 5 atom stereocenters. The summed E-state index contributed by atoms with van der Waals surface area (Å²) in [4.78, 5) is 30.8. The molecule has 7 nitrogen and oxygen atoms in total. The third kappa shape index (κ3) is 2.30. The second-order valence-corrected chi connectivity index (χ2v) is 11.4. The number of carbonyl (C=O) groups excluding carboxylic acids is 2. The SMILES string of the molecule is O=C1c2ccccc2C(=O)N1C1CC[C@@]2(O)[C@H]3Cc4ccc(O)c5c4[C@@]2(CCN3CC2CC2)C1O5. The van der Waals surface area contributed by atoms with Gasteiger partial charge >= 0.3 is 0 Å². The van der Waals surface area contributed by atoms with Crippen LogP contribution in [0.25, 0.3) is 0 Å². The van der Waals surface area contributed by atoms with Gasteiger partial charge < -0.3 is 14.9 Å². The molecule has 3 fully saturated rings. The third-order valence-corrected chi connectivity index (χ3v) is 9.89. The summed E-state index contributed by atoms with van der Waals surface area (Å²) in [5.41, 5.74) is 1.09. The van der Waals surface area contributed by atoms with Gasteiger partial charge in [0.2, 0.25) is 0 Å². The molecule has 35 heavy (non-hydrogen) atoms. The standard InChI is InChI=1S/C28H28N2O5/c31-20-8-7-16-13-21-28(34)10-9-19(30-25(32)17-3-1-2-4-18(17)26(30)33)24-27(28,22(16)23(20)35-24)11-12-29(21)14-15-5-6-15/h1-4,7-8,15,19,21,24,31,34H,5-6,9-14H2/t19?,21-,24?,27+,28-/m1/s1. The number of nitrogens with zero attached hydrogens (tertiary/aromatic N) is 2. The Bertz CT molecular complexity index is 1290. The predicted octanol–water partition coefficient (Wildman–Crippen LogP) is 2.62. The zero-order valence-electron chi connectivity index (χ0n) is 19.4. The molecule has 180 valence electrons. The molecule has 2 N–H and O–H groups in total. The van der Waals surface area contributed by atoms with E-state index in [9.17, 15) is 19.8 Å². The van der Waals surface area contributed by atoms with Crippen LogP contribution in [0.4, 0.5) is 0 Å². The number of carbonyl (C=O) groups is 2. The van der Waals surface area contributed by atoms with E-state index in [1.807, 2.05) is 6.07 Å². The molecule has 0 aromatic heterocycles. The number of ether oxygens (including phenoxy) is 1. The minimum Gasteiger partial charge on any atom is -0.504 e. The van der Waals surface area contributed by atoms with Crippen molar-refractivity contribution in [3.05, 3.63) is 58.7 Å². The van der Waals surface area contributed by atoms with Crippen molar-refractivity contribution in [2.75, 3.05) is 13.1 Å². The minimum absolute atomic E-state index is 0.0333. The summed E-state index contributed by atoms with van der Waals surface area (Å²) in [5, 5.41) is 23.4. The summed E-state index contributed by atoms with van der Waals surface area (Å²) in [6.45, 7) is 1.85. The molecule has 3 aliphatic heterocycles. The van der Waals surface area contributed by atoms with Crippen molar-refractivity contribution in [2.24, 2.45) is 5.92 Å². The van der Waals surface area contributed by atoms with E-state index in [1.54, 1.807) is 30.3 Å². The number of fused-ring (bicyclic) bond motifs is 1. The van der Waals surface area contributed by atoms with Gasteiger partial charge in [-0.1, -0.05) is 18.2 Å². The molecular formula is C28H28N2O5. The number of rotatable bonds is 3. The molecule has 2 saturated carbocycles. The highest BCUT2D eigenvalue weighted by Crippen LogP contribution is 2.66. The van der Waals surface area contributed by atoms with E-state index in [-0.39, 0.29) is 23.6 Å². The van der Waals surface area contributed by atoms with Crippen LogP contribution in [0.1, 0.15) is 63.9 Å². The maximum absolute atomic E-state index is 13.5. The quantitative estimate of drug-likeness (QED) is 0.668. The van der Waals surface area contributed by atoms with Crippen molar-refractivity contribution >= 4 is 11.8 Å². The van der Waals surface area contributed by atoms with Gasteiger partial charge in [-0.05, 0) is 74.8 Å². The van der Waals surface area contributed by atoms with Gasteiger partial charge in [-0.3, -0.25) is 19.4 Å². The molecule has 6 aliphatic rings. The van der Waals surface area contributed by atoms with E-state index in [0.29, 0.717) is 36.1 Å². The highest BCUT2D eigenvalue weighted by molar-refractivity contribution is 6.21. The fraction of sp³-hybridized carbons (Fsp3) is 0.500. The van der Waals surface area contributed by atoms with Gasteiger partial charge in [0.1, 0.15) is 6.10 Å². The molecule has 3 heterocycles. The van der Waals surface area contributed by atoms with E-state index in [1.165, 1.54) is 17.7 Å². The summed E-state index contributed by atoms with van der Waals surface area (Å²) < 4.78 is 6.55. The zero-order chi connectivity index (χ0) is 23.7. The van der Waals surface area contributed by atoms with E-state index in [0.717, 1.165) is 36.6 Å². The molecule has 2 aromatic carbocycles. The van der Waals surface area contributed by atoms with Crippen LogP contribution < -0.4 is 4.74 Å². The lowest BCUT2D eigenvalue weighted by atomic mass is 9.48. The highest BCUT2D eigenvalue weighted by Gasteiger charge is 2.74. The molecular weight excluding hydrogens is 444 g/mol. The maximum Gasteiger partial charge on any atom is 0.261 e. The number of aromatic hydroxyl groups is 1. The number of phenols is 1. The van der Waals surface area contributed by atoms with Gasteiger partial charge in [0.25, 0.3) is 11.8 Å². The Balaban J connectivity index is 1.28. The van der Waals surface area contributed by atoms with Crippen LogP contribution >= 0.6 is 0 Å². The average molecular weight is 473 g/mol. The minimum atomic E-state index is -1.04. The third-order valence-electron chi connectivity index (χ3n) is 9.89. The summed E-state index contributed by atoms with van der Waals surface area (Å²) >= 11 is 0. The lowest BCUT2D eigenvalue weighted by molar-refractivity contribution is -0.196. The molecule has 8 rings (SSSR count). The highest BCUT2D eigenvalue weighted by atomic mass is 16.5. The smallest absolute Gasteiger partial charge is 0.261 e. The summed E-state index contributed by atoms with van der Waals surface area (Å²) in [5.74, 6) is 0.632. The molecule has 2 unspecified atom stereocenters. The van der Waals surface area contributed by atoms with E-state index < -0.39 is 23.2 Å². The lowest BCUT2D eigenvalue weighted by Crippen LogP contribution is -2.78. The lowest BCUT2D eigenvalue weighted by Gasteiger charge is -2.64. The number of hydrogen-bond acceptors (Lipinski definition) is 6. The first-order valence-electron chi connectivity index (χ1n) is 12.9. The van der Waals surface area contributed by atoms with Crippen molar-refractivity contribution in [3.63, 3.8) is 0 Å². The first-order chi connectivity index (χ1) is 16.9. The maximum atomic E-state index is 13.5. The Morgan fingerprint density at radius 3 is 2.46 bits per heavy atom. The normalized spacial score (nSPS) is 36.7. The molecule has 2 amide bonds. The van der Waals surface area contributed by atoms with Gasteiger partial charge in [-0.15, -0.1) is 0 Å².